The Morgan fingerprint density at radius 3 is 2.54 bits per heavy atom. The van der Waals surface area contributed by atoms with Gasteiger partial charge in [-0.15, -0.1) is 5.10 Å². The van der Waals surface area contributed by atoms with E-state index in [2.05, 4.69) is 25.4 Å². The molecule has 0 unspecified atom stereocenters. The van der Waals surface area contributed by atoms with E-state index < -0.39 is 0 Å². The van der Waals surface area contributed by atoms with Gasteiger partial charge in [-0.1, -0.05) is 23.7 Å². The number of benzene rings is 2. The average Bonchev–Trinajstić information content (AvgIpc) is 2.71. The fourth-order valence-electron chi connectivity index (χ4n) is 3.25. The monoisotopic (exact) mass is 398 g/mol. The first-order chi connectivity index (χ1) is 13.6. The van der Waals surface area contributed by atoms with Crippen LogP contribution >= 0.6 is 11.6 Å². The lowest BCUT2D eigenvalue weighted by Crippen LogP contribution is -2.47. The van der Waals surface area contributed by atoms with Gasteiger partial charge in [0.15, 0.2) is 5.82 Å². The smallest absolute Gasteiger partial charge is 0.247 e. The third kappa shape index (κ3) is 3.99. The second kappa shape index (κ2) is 7.98. The molecule has 2 heterocycles. The van der Waals surface area contributed by atoms with E-state index in [1.54, 1.807) is 12.3 Å². The maximum atomic E-state index is 14.0. The molecule has 0 spiro atoms. The molecule has 1 aliphatic heterocycles. The van der Waals surface area contributed by atoms with Gasteiger partial charge in [-0.05, 0) is 42.8 Å². The summed E-state index contributed by atoms with van der Waals surface area (Å²) in [6.45, 7) is 4.75. The molecule has 1 aliphatic rings. The highest BCUT2D eigenvalue weighted by Gasteiger charge is 2.21. The predicted octanol–water partition coefficient (Wildman–Crippen LogP) is 4.04. The molecule has 0 saturated carbocycles. The van der Waals surface area contributed by atoms with Crippen LogP contribution in [0.5, 0.6) is 0 Å². The van der Waals surface area contributed by atoms with Crippen molar-refractivity contribution < 1.29 is 4.39 Å². The zero-order valence-electron chi connectivity index (χ0n) is 15.4. The lowest BCUT2D eigenvalue weighted by molar-refractivity contribution is 0.592. The Hall–Kier alpha value is -2.93. The molecule has 0 aliphatic carbocycles. The molecule has 0 bridgehead atoms. The number of aromatic nitrogens is 3. The third-order valence-corrected chi connectivity index (χ3v) is 4.99. The molecule has 2 aromatic carbocycles. The molecule has 0 amide bonds. The van der Waals surface area contributed by atoms with Gasteiger partial charge < -0.3 is 15.1 Å². The Morgan fingerprint density at radius 1 is 1.04 bits per heavy atom. The summed E-state index contributed by atoms with van der Waals surface area (Å²) in [5.74, 6) is 0.982. The van der Waals surface area contributed by atoms with Crippen LogP contribution in [0, 0.1) is 12.7 Å². The molecule has 1 aromatic heterocycles. The van der Waals surface area contributed by atoms with Gasteiger partial charge >= 0.3 is 0 Å². The quantitative estimate of drug-likeness (QED) is 0.715. The molecule has 1 N–H and O–H groups in total. The SMILES string of the molecule is Cc1cc(Cl)ccc1Nc1cnnc(N2CCN(c3ccccc3F)CC2)n1. The highest BCUT2D eigenvalue weighted by molar-refractivity contribution is 6.30. The maximum absolute atomic E-state index is 14.0. The number of hydrogen-bond donors (Lipinski definition) is 1. The summed E-state index contributed by atoms with van der Waals surface area (Å²) in [4.78, 5) is 8.69. The maximum Gasteiger partial charge on any atom is 0.247 e. The van der Waals surface area contributed by atoms with Crippen LogP contribution in [-0.2, 0) is 0 Å². The van der Waals surface area contributed by atoms with Crippen LogP contribution in [0.1, 0.15) is 5.56 Å². The fourth-order valence-corrected chi connectivity index (χ4v) is 3.48. The molecule has 28 heavy (non-hydrogen) atoms. The second-order valence-corrected chi connectivity index (χ2v) is 7.09. The number of aryl methyl sites for hydroxylation is 1. The first kappa shape index (κ1) is 18.4. The van der Waals surface area contributed by atoms with Gasteiger partial charge in [0, 0.05) is 36.9 Å². The molecular formula is C20H20ClFN6. The normalized spacial score (nSPS) is 14.2. The molecule has 1 fully saturated rings. The standard InChI is InChI=1S/C20H20ClFN6/c1-14-12-15(21)6-7-17(14)24-19-13-23-26-20(25-19)28-10-8-27(9-11-28)18-5-3-2-4-16(18)22/h2-7,12-13H,8-11H2,1H3,(H,24,25,26). The van der Waals surface area contributed by atoms with Crippen molar-refractivity contribution >= 4 is 34.7 Å². The molecule has 144 valence electrons. The lowest BCUT2D eigenvalue weighted by Gasteiger charge is -2.36. The first-order valence-electron chi connectivity index (χ1n) is 9.07. The van der Waals surface area contributed by atoms with Crippen LogP contribution < -0.4 is 15.1 Å². The Morgan fingerprint density at radius 2 is 1.79 bits per heavy atom. The van der Waals surface area contributed by atoms with Crippen LogP contribution in [0.25, 0.3) is 0 Å². The molecule has 0 radical (unpaired) electrons. The number of nitrogens with one attached hydrogen (secondary N) is 1. The van der Waals surface area contributed by atoms with E-state index in [1.807, 2.05) is 42.2 Å². The second-order valence-electron chi connectivity index (χ2n) is 6.65. The number of nitrogens with zero attached hydrogens (tertiary/aromatic N) is 5. The van der Waals surface area contributed by atoms with Crippen molar-refractivity contribution in [3.63, 3.8) is 0 Å². The Balaban J connectivity index is 1.44. The molecule has 4 rings (SSSR count). The van der Waals surface area contributed by atoms with Gasteiger partial charge in [-0.2, -0.15) is 10.1 Å². The van der Waals surface area contributed by atoms with Gasteiger partial charge in [0.05, 0.1) is 11.9 Å². The van der Waals surface area contributed by atoms with Crippen molar-refractivity contribution in [2.45, 2.75) is 6.92 Å². The molecule has 8 heteroatoms. The van der Waals surface area contributed by atoms with Crippen LogP contribution in [0.15, 0.2) is 48.7 Å². The lowest BCUT2D eigenvalue weighted by atomic mass is 10.2. The van der Waals surface area contributed by atoms with Crippen LogP contribution in [0.2, 0.25) is 5.02 Å². The summed E-state index contributed by atoms with van der Waals surface area (Å²) in [6.07, 6.45) is 1.59. The molecule has 6 nitrogen and oxygen atoms in total. The first-order valence-corrected chi connectivity index (χ1v) is 9.45. The fraction of sp³-hybridized carbons (Fsp3) is 0.250. The summed E-state index contributed by atoms with van der Waals surface area (Å²) < 4.78 is 14.0. The number of hydrogen-bond acceptors (Lipinski definition) is 6. The van der Waals surface area contributed by atoms with Crippen LogP contribution in [0.4, 0.5) is 27.5 Å². The minimum absolute atomic E-state index is 0.196. The number of rotatable bonds is 4. The van der Waals surface area contributed by atoms with E-state index in [4.69, 9.17) is 11.6 Å². The van der Waals surface area contributed by atoms with Crippen molar-refractivity contribution in [3.8, 4) is 0 Å². The number of piperazine rings is 1. The Labute approximate surface area is 168 Å². The zero-order chi connectivity index (χ0) is 19.5. The zero-order valence-corrected chi connectivity index (χ0v) is 16.2. The molecular weight excluding hydrogens is 379 g/mol. The summed E-state index contributed by atoms with van der Waals surface area (Å²) >= 11 is 6.01. The highest BCUT2D eigenvalue weighted by Crippen LogP contribution is 2.24. The van der Waals surface area contributed by atoms with E-state index in [1.165, 1.54) is 6.07 Å². The Kier molecular flexibility index (Phi) is 5.25. The van der Waals surface area contributed by atoms with Crippen molar-refractivity contribution in [2.24, 2.45) is 0 Å². The minimum Gasteiger partial charge on any atom is -0.366 e. The highest BCUT2D eigenvalue weighted by atomic mass is 35.5. The van der Waals surface area contributed by atoms with Crippen molar-refractivity contribution in [1.82, 2.24) is 15.2 Å². The van der Waals surface area contributed by atoms with Gasteiger partial charge in [-0.25, -0.2) is 4.39 Å². The van der Waals surface area contributed by atoms with Crippen molar-refractivity contribution in [2.75, 3.05) is 41.3 Å². The van der Waals surface area contributed by atoms with E-state index in [9.17, 15) is 4.39 Å². The van der Waals surface area contributed by atoms with Gasteiger partial charge in [0.1, 0.15) is 5.82 Å². The molecule has 0 atom stereocenters. The predicted molar refractivity (Wildman–Crippen MR) is 110 cm³/mol. The van der Waals surface area contributed by atoms with E-state index >= 15 is 0 Å². The summed E-state index contributed by atoms with van der Waals surface area (Å²) in [7, 11) is 0. The summed E-state index contributed by atoms with van der Waals surface area (Å²) in [6, 6.07) is 12.5. The third-order valence-electron chi connectivity index (χ3n) is 4.75. The summed E-state index contributed by atoms with van der Waals surface area (Å²) in [5.41, 5.74) is 2.57. The van der Waals surface area contributed by atoms with E-state index in [-0.39, 0.29) is 5.82 Å². The van der Waals surface area contributed by atoms with E-state index in [0.717, 1.165) is 11.3 Å². The minimum atomic E-state index is -0.196. The van der Waals surface area contributed by atoms with Gasteiger partial charge in [-0.3, -0.25) is 0 Å². The largest absolute Gasteiger partial charge is 0.366 e. The van der Waals surface area contributed by atoms with Crippen LogP contribution in [0.3, 0.4) is 0 Å². The van der Waals surface area contributed by atoms with Crippen molar-refractivity contribution in [3.05, 3.63) is 65.1 Å². The average molecular weight is 399 g/mol. The number of anilines is 4. The summed E-state index contributed by atoms with van der Waals surface area (Å²) in [5, 5.41) is 12.2. The molecule has 3 aromatic rings. The topological polar surface area (TPSA) is 57.2 Å². The number of halogens is 2. The van der Waals surface area contributed by atoms with Crippen LogP contribution in [-0.4, -0.2) is 41.4 Å². The Bertz CT molecular complexity index is 974. The van der Waals surface area contributed by atoms with Gasteiger partial charge in [0.25, 0.3) is 0 Å². The van der Waals surface area contributed by atoms with Crippen molar-refractivity contribution in [1.29, 1.82) is 0 Å². The van der Waals surface area contributed by atoms with E-state index in [0.29, 0.717) is 48.7 Å². The van der Waals surface area contributed by atoms with Gasteiger partial charge in [0.2, 0.25) is 5.95 Å². The molecule has 1 saturated heterocycles. The number of para-hydroxylation sites is 1.